The van der Waals surface area contributed by atoms with Gasteiger partial charge in [-0.25, -0.2) is 0 Å². The van der Waals surface area contributed by atoms with Crippen molar-refractivity contribution in [1.29, 1.82) is 5.26 Å². The number of hydrogen-bond acceptors (Lipinski definition) is 2. The van der Waals surface area contributed by atoms with Crippen LogP contribution in [0.15, 0.2) is 24.3 Å². The van der Waals surface area contributed by atoms with Gasteiger partial charge in [0, 0.05) is 12.5 Å². The summed E-state index contributed by atoms with van der Waals surface area (Å²) in [5, 5.41) is 8.63. The van der Waals surface area contributed by atoms with Gasteiger partial charge < -0.3 is 4.90 Å². The van der Waals surface area contributed by atoms with Crippen LogP contribution in [-0.2, 0) is 0 Å². The second-order valence-corrected chi connectivity index (χ2v) is 4.09. The highest BCUT2D eigenvalue weighted by molar-refractivity contribution is 5.25. The van der Waals surface area contributed by atoms with E-state index in [4.69, 9.17) is 5.26 Å². The SMILES string of the molecule is Cc1cccc(C(CCC#N)N(C)C)c1. The summed E-state index contributed by atoms with van der Waals surface area (Å²) in [6, 6.07) is 11.1. The fourth-order valence-corrected chi connectivity index (χ4v) is 1.80. The highest BCUT2D eigenvalue weighted by Crippen LogP contribution is 2.23. The fourth-order valence-electron chi connectivity index (χ4n) is 1.80. The van der Waals surface area contributed by atoms with Gasteiger partial charge in [0.2, 0.25) is 0 Å². The Kier molecular flexibility index (Phi) is 4.33. The lowest BCUT2D eigenvalue weighted by Crippen LogP contribution is -2.19. The maximum absolute atomic E-state index is 8.63. The molecule has 0 bridgehead atoms. The first-order valence-electron chi connectivity index (χ1n) is 5.25. The van der Waals surface area contributed by atoms with Gasteiger partial charge in [-0.2, -0.15) is 5.26 Å². The lowest BCUT2D eigenvalue weighted by Gasteiger charge is -2.24. The first kappa shape index (κ1) is 11.7. The summed E-state index contributed by atoms with van der Waals surface area (Å²) in [7, 11) is 4.12. The third-order valence-corrected chi connectivity index (χ3v) is 2.58. The van der Waals surface area contributed by atoms with Crippen LogP contribution in [-0.4, -0.2) is 19.0 Å². The van der Waals surface area contributed by atoms with Gasteiger partial charge in [-0.05, 0) is 33.0 Å². The lowest BCUT2D eigenvalue weighted by molar-refractivity contribution is 0.286. The first-order chi connectivity index (χ1) is 7.15. The van der Waals surface area contributed by atoms with Crippen molar-refractivity contribution in [3.63, 3.8) is 0 Å². The normalized spacial score (nSPS) is 12.5. The third kappa shape index (κ3) is 3.38. The molecular formula is C13H18N2. The number of nitrogens with zero attached hydrogens (tertiary/aromatic N) is 2. The Labute approximate surface area is 92.1 Å². The van der Waals surface area contributed by atoms with Crippen LogP contribution in [0.1, 0.15) is 30.0 Å². The number of benzene rings is 1. The van der Waals surface area contributed by atoms with Crippen LogP contribution in [0.25, 0.3) is 0 Å². The molecule has 2 nitrogen and oxygen atoms in total. The highest BCUT2D eigenvalue weighted by Gasteiger charge is 2.13. The molecule has 0 aliphatic rings. The highest BCUT2D eigenvalue weighted by atomic mass is 15.1. The van der Waals surface area contributed by atoms with Crippen LogP contribution in [0.5, 0.6) is 0 Å². The van der Waals surface area contributed by atoms with Crippen LogP contribution in [0.3, 0.4) is 0 Å². The van der Waals surface area contributed by atoms with E-state index in [0.29, 0.717) is 12.5 Å². The van der Waals surface area contributed by atoms with Crippen molar-refractivity contribution in [2.45, 2.75) is 25.8 Å². The summed E-state index contributed by atoms with van der Waals surface area (Å²) in [5.41, 5.74) is 2.58. The fraction of sp³-hybridized carbons (Fsp3) is 0.462. The van der Waals surface area contributed by atoms with E-state index in [2.05, 4.69) is 56.3 Å². The summed E-state index contributed by atoms with van der Waals surface area (Å²) in [6.07, 6.45) is 1.50. The van der Waals surface area contributed by atoms with Gasteiger partial charge in [0.05, 0.1) is 6.07 Å². The molecule has 0 N–H and O–H groups in total. The molecule has 1 unspecified atom stereocenters. The maximum Gasteiger partial charge on any atom is 0.0622 e. The Morgan fingerprint density at radius 2 is 2.13 bits per heavy atom. The molecule has 15 heavy (non-hydrogen) atoms. The average Bonchev–Trinajstić information content (AvgIpc) is 2.18. The van der Waals surface area contributed by atoms with Crippen molar-refractivity contribution < 1.29 is 0 Å². The van der Waals surface area contributed by atoms with E-state index in [1.165, 1.54) is 11.1 Å². The molecular weight excluding hydrogens is 184 g/mol. The largest absolute Gasteiger partial charge is 0.302 e. The van der Waals surface area contributed by atoms with Gasteiger partial charge in [0.25, 0.3) is 0 Å². The summed E-state index contributed by atoms with van der Waals surface area (Å²) < 4.78 is 0. The van der Waals surface area contributed by atoms with Gasteiger partial charge in [-0.1, -0.05) is 29.8 Å². The molecule has 1 rings (SSSR count). The lowest BCUT2D eigenvalue weighted by atomic mass is 10.00. The Bertz CT molecular complexity index is 350. The molecule has 2 heteroatoms. The van der Waals surface area contributed by atoms with Crippen LogP contribution in [0, 0.1) is 18.3 Å². The first-order valence-corrected chi connectivity index (χ1v) is 5.25. The smallest absolute Gasteiger partial charge is 0.0622 e. The van der Waals surface area contributed by atoms with Crippen LogP contribution < -0.4 is 0 Å². The Hall–Kier alpha value is -1.33. The molecule has 0 amide bonds. The number of rotatable bonds is 4. The number of aryl methyl sites for hydroxylation is 1. The zero-order valence-electron chi connectivity index (χ0n) is 9.70. The van der Waals surface area contributed by atoms with Crippen molar-refractivity contribution in [1.82, 2.24) is 4.90 Å². The van der Waals surface area contributed by atoms with E-state index < -0.39 is 0 Å². The summed E-state index contributed by atoms with van der Waals surface area (Å²) in [4.78, 5) is 2.17. The van der Waals surface area contributed by atoms with E-state index in [0.717, 1.165) is 6.42 Å². The number of hydrogen-bond donors (Lipinski definition) is 0. The van der Waals surface area contributed by atoms with Crippen molar-refractivity contribution >= 4 is 0 Å². The van der Waals surface area contributed by atoms with Gasteiger partial charge in [0.15, 0.2) is 0 Å². The molecule has 1 aromatic carbocycles. The van der Waals surface area contributed by atoms with Crippen LogP contribution in [0.2, 0.25) is 0 Å². The quantitative estimate of drug-likeness (QED) is 0.750. The molecule has 1 aromatic rings. The monoisotopic (exact) mass is 202 g/mol. The molecule has 80 valence electrons. The van der Waals surface area contributed by atoms with E-state index in [1.54, 1.807) is 0 Å². The second-order valence-electron chi connectivity index (χ2n) is 4.09. The Morgan fingerprint density at radius 3 is 2.67 bits per heavy atom. The molecule has 0 spiro atoms. The minimum atomic E-state index is 0.351. The minimum absolute atomic E-state index is 0.351. The maximum atomic E-state index is 8.63. The van der Waals surface area contributed by atoms with Gasteiger partial charge >= 0.3 is 0 Å². The predicted molar refractivity (Wildman–Crippen MR) is 62.5 cm³/mol. The molecule has 0 saturated heterocycles. The van der Waals surface area contributed by atoms with Crippen molar-refractivity contribution in [2.75, 3.05) is 14.1 Å². The standard InChI is InChI=1S/C13H18N2/c1-11-6-4-7-12(10-11)13(15(2)3)8-5-9-14/h4,6-7,10,13H,5,8H2,1-3H3. The topological polar surface area (TPSA) is 27.0 Å². The van der Waals surface area contributed by atoms with E-state index in [9.17, 15) is 0 Å². The molecule has 0 saturated carbocycles. The summed E-state index contributed by atoms with van der Waals surface area (Å²) in [6.45, 7) is 2.10. The van der Waals surface area contributed by atoms with E-state index >= 15 is 0 Å². The molecule has 1 atom stereocenters. The average molecular weight is 202 g/mol. The Morgan fingerprint density at radius 1 is 1.40 bits per heavy atom. The molecule has 0 radical (unpaired) electrons. The molecule has 0 aliphatic carbocycles. The zero-order chi connectivity index (χ0) is 11.3. The summed E-state index contributed by atoms with van der Waals surface area (Å²) in [5.74, 6) is 0. The van der Waals surface area contributed by atoms with Crippen molar-refractivity contribution in [2.24, 2.45) is 0 Å². The summed E-state index contributed by atoms with van der Waals surface area (Å²) >= 11 is 0. The third-order valence-electron chi connectivity index (χ3n) is 2.58. The van der Waals surface area contributed by atoms with Crippen LogP contribution in [0.4, 0.5) is 0 Å². The number of nitriles is 1. The second kappa shape index (κ2) is 5.53. The molecule has 0 fully saturated rings. The Balaban J connectivity index is 2.84. The van der Waals surface area contributed by atoms with Crippen molar-refractivity contribution in [3.8, 4) is 6.07 Å². The van der Waals surface area contributed by atoms with Crippen LogP contribution >= 0.6 is 0 Å². The van der Waals surface area contributed by atoms with Gasteiger partial charge in [-0.3, -0.25) is 0 Å². The van der Waals surface area contributed by atoms with Gasteiger partial charge in [0.1, 0.15) is 0 Å². The van der Waals surface area contributed by atoms with E-state index in [1.807, 2.05) is 0 Å². The molecule has 0 aliphatic heterocycles. The minimum Gasteiger partial charge on any atom is -0.302 e. The molecule has 0 aromatic heterocycles. The van der Waals surface area contributed by atoms with E-state index in [-0.39, 0.29) is 0 Å². The van der Waals surface area contributed by atoms with Crippen molar-refractivity contribution in [3.05, 3.63) is 35.4 Å². The predicted octanol–water partition coefficient (Wildman–Crippen LogP) is 2.90. The van der Waals surface area contributed by atoms with Gasteiger partial charge in [-0.15, -0.1) is 0 Å². The molecule has 0 heterocycles. The zero-order valence-corrected chi connectivity index (χ0v) is 9.70.